The summed E-state index contributed by atoms with van der Waals surface area (Å²) in [5.74, 6) is -0.119. The Hall–Kier alpha value is -2.91. The van der Waals surface area contributed by atoms with Crippen LogP contribution in [0.4, 0.5) is 0 Å². The Bertz CT molecular complexity index is 1020. The van der Waals surface area contributed by atoms with Gasteiger partial charge in [-0.1, -0.05) is 0 Å². The number of methoxy groups -OCH3 is 2. The summed E-state index contributed by atoms with van der Waals surface area (Å²) in [6, 6.07) is 5.49. The quantitative estimate of drug-likeness (QED) is 0.479. The van der Waals surface area contributed by atoms with Crippen LogP contribution in [-0.2, 0) is 13.0 Å². The number of carboxylic acids is 1. The fourth-order valence-electron chi connectivity index (χ4n) is 3.20. The number of ether oxygens (including phenoxy) is 2. The second kappa shape index (κ2) is 10.4. The lowest BCUT2D eigenvalue weighted by Gasteiger charge is -2.23. The van der Waals surface area contributed by atoms with Gasteiger partial charge in [-0.05, 0) is 54.3 Å². The molecule has 0 atom stereocenters. The second-order valence-corrected chi connectivity index (χ2v) is 8.62. The molecular weight excluding hydrogens is 436 g/mol. The zero-order valence-corrected chi connectivity index (χ0v) is 19.2. The molecule has 0 saturated carbocycles. The molecule has 2 aromatic heterocycles. The number of benzene rings is 1. The van der Waals surface area contributed by atoms with E-state index >= 15 is 0 Å². The minimum absolute atomic E-state index is 0.00986. The van der Waals surface area contributed by atoms with E-state index in [0.29, 0.717) is 28.6 Å². The molecule has 0 unspecified atom stereocenters. The minimum atomic E-state index is -1.08. The summed E-state index contributed by atoms with van der Waals surface area (Å²) < 4.78 is 10.8. The summed E-state index contributed by atoms with van der Waals surface area (Å²) in [4.78, 5) is 30.4. The molecule has 0 radical (unpaired) electrons. The van der Waals surface area contributed by atoms with Crippen LogP contribution in [0.25, 0.3) is 0 Å². The van der Waals surface area contributed by atoms with Crippen molar-refractivity contribution in [3.8, 4) is 11.5 Å². The van der Waals surface area contributed by atoms with E-state index < -0.39 is 5.97 Å². The molecule has 1 aromatic carbocycles. The van der Waals surface area contributed by atoms with Gasteiger partial charge in [-0.2, -0.15) is 11.3 Å². The van der Waals surface area contributed by atoms with Crippen LogP contribution in [0, 0.1) is 6.92 Å². The minimum Gasteiger partial charge on any atom is -0.496 e. The smallest absolute Gasteiger partial charge is 0.355 e. The number of carboxylic acid groups (broad SMARTS) is 1. The molecule has 0 aliphatic rings. The van der Waals surface area contributed by atoms with E-state index in [4.69, 9.17) is 14.6 Å². The monoisotopic (exact) mass is 460 g/mol. The molecule has 0 bridgehead atoms. The maximum Gasteiger partial charge on any atom is 0.355 e. The normalized spacial score (nSPS) is 10.7. The molecule has 9 heteroatoms. The predicted octanol–water partition coefficient (Wildman–Crippen LogP) is 4.50. The van der Waals surface area contributed by atoms with Crippen molar-refractivity contribution in [1.82, 2.24) is 9.88 Å². The molecule has 7 nitrogen and oxygen atoms in total. The Morgan fingerprint density at radius 3 is 2.42 bits per heavy atom. The average molecular weight is 461 g/mol. The number of hydrogen-bond acceptors (Lipinski definition) is 7. The van der Waals surface area contributed by atoms with E-state index in [0.717, 1.165) is 18.4 Å². The molecule has 0 saturated heterocycles. The van der Waals surface area contributed by atoms with Gasteiger partial charge < -0.3 is 19.5 Å². The van der Waals surface area contributed by atoms with E-state index in [1.165, 1.54) is 22.3 Å². The number of rotatable bonds is 10. The van der Waals surface area contributed by atoms with Gasteiger partial charge in [-0.3, -0.25) is 4.79 Å². The molecule has 0 fully saturated rings. The Morgan fingerprint density at radius 2 is 1.87 bits per heavy atom. The topological polar surface area (TPSA) is 89.0 Å². The van der Waals surface area contributed by atoms with Gasteiger partial charge in [0.25, 0.3) is 5.91 Å². The standard InChI is InChI=1S/C22H24N2O5S2/c1-14-18(28-2)9-16(10-19(14)29-3)21(25)24(7-4-5-15-6-8-30-12-15)11-20-23-17(13-31-20)22(26)27/h6,8-10,12-13H,4-5,7,11H2,1-3H3,(H,26,27). The molecule has 3 aromatic rings. The lowest BCUT2D eigenvalue weighted by Crippen LogP contribution is -2.32. The zero-order chi connectivity index (χ0) is 22.4. The molecule has 2 heterocycles. The van der Waals surface area contributed by atoms with E-state index in [2.05, 4.69) is 16.4 Å². The number of aromatic nitrogens is 1. The van der Waals surface area contributed by atoms with Crippen LogP contribution in [-0.4, -0.2) is 47.6 Å². The molecule has 1 N–H and O–H groups in total. The summed E-state index contributed by atoms with van der Waals surface area (Å²) in [5, 5.41) is 15.3. The van der Waals surface area contributed by atoms with Crippen LogP contribution in [0.3, 0.4) is 0 Å². The van der Waals surface area contributed by atoms with Gasteiger partial charge in [-0.15, -0.1) is 11.3 Å². The molecule has 1 amide bonds. The SMILES string of the molecule is COc1cc(C(=O)N(CCCc2ccsc2)Cc2nc(C(=O)O)cs2)cc(OC)c1C. The molecule has 164 valence electrons. The van der Waals surface area contributed by atoms with Gasteiger partial charge >= 0.3 is 5.97 Å². The zero-order valence-electron chi connectivity index (χ0n) is 17.6. The maximum atomic E-state index is 13.4. The maximum absolute atomic E-state index is 13.4. The first-order valence-electron chi connectivity index (χ1n) is 9.63. The lowest BCUT2D eigenvalue weighted by molar-refractivity contribution is 0.0691. The highest BCUT2D eigenvalue weighted by molar-refractivity contribution is 7.09. The van der Waals surface area contributed by atoms with Gasteiger partial charge in [0, 0.05) is 23.1 Å². The van der Waals surface area contributed by atoms with Crippen LogP contribution in [0.1, 0.15) is 43.4 Å². The number of carbonyl (C=O) groups is 2. The first-order chi connectivity index (χ1) is 14.9. The van der Waals surface area contributed by atoms with Crippen molar-refractivity contribution in [1.29, 1.82) is 0 Å². The Kier molecular flexibility index (Phi) is 7.64. The summed E-state index contributed by atoms with van der Waals surface area (Å²) in [6.45, 7) is 2.61. The van der Waals surface area contributed by atoms with Crippen molar-refractivity contribution in [2.75, 3.05) is 20.8 Å². The van der Waals surface area contributed by atoms with Crippen LogP contribution in [0.5, 0.6) is 11.5 Å². The number of thiophene rings is 1. The highest BCUT2D eigenvalue weighted by Gasteiger charge is 2.21. The van der Waals surface area contributed by atoms with Gasteiger partial charge in [0.05, 0.1) is 20.8 Å². The molecule has 31 heavy (non-hydrogen) atoms. The van der Waals surface area contributed by atoms with Crippen molar-refractivity contribution in [2.45, 2.75) is 26.3 Å². The van der Waals surface area contributed by atoms with E-state index in [-0.39, 0.29) is 18.1 Å². The molecule has 0 spiro atoms. The van der Waals surface area contributed by atoms with Gasteiger partial charge in [0.1, 0.15) is 16.5 Å². The first kappa shape index (κ1) is 22.8. The predicted molar refractivity (Wildman–Crippen MR) is 121 cm³/mol. The molecule has 3 rings (SSSR count). The third kappa shape index (κ3) is 5.62. The highest BCUT2D eigenvalue weighted by Crippen LogP contribution is 2.30. The van der Waals surface area contributed by atoms with Crippen molar-refractivity contribution < 1.29 is 24.2 Å². The van der Waals surface area contributed by atoms with Crippen LogP contribution < -0.4 is 9.47 Å². The van der Waals surface area contributed by atoms with Crippen molar-refractivity contribution in [2.24, 2.45) is 0 Å². The van der Waals surface area contributed by atoms with Crippen molar-refractivity contribution in [3.63, 3.8) is 0 Å². The first-order valence-corrected chi connectivity index (χ1v) is 11.5. The fourth-order valence-corrected chi connectivity index (χ4v) is 4.68. The summed E-state index contributed by atoms with van der Waals surface area (Å²) in [5.41, 5.74) is 2.49. The number of hydrogen-bond donors (Lipinski definition) is 1. The van der Waals surface area contributed by atoms with E-state index in [1.54, 1.807) is 42.6 Å². The lowest BCUT2D eigenvalue weighted by atomic mass is 10.1. The number of thiazole rings is 1. The molecular formula is C22H24N2O5S2. The summed E-state index contributed by atoms with van der Waals surface area (Å²) >= 11 is 2.88. The Labute approximate surface area is 188 Å². The van der Waals surface area contributed by atoms with Crippen LogP contribution >= 0.6 is 22.7 Å². The highest BCUT2D eigenvalue weighted by atomic mass is 32.1. The van der Waals surface area contributed by atoms with Crippen LogP contribution in [0.2, 0.25) is 0 Å². The average Bonchev–Trinajstić information content (AvgIpc) is 3.45. The van der Waals surface area contributed by atoms with Crippen molar-refractivity contribution in [3.05, 3.63) is 61.7 Å². The van der Waals surface area contributed by atoms with E-state index in [9.17, 15) is 9.59 Å². The largest absolute Gasteiger partial charge is 0.496 e. The third-order valence-electron chi connectivity index (χ3n) is 4.86. The number of nitrogens with zero attached hydrogens (tertiary/aromatic N) is 2. The number of aryl methyl sites for hydroxylation is 1. The van der Waals surface area contributed by atoms with Crippen LogP contribution in [0.15, 0.2) is 34.3 Å². The number of carbonyl (C=O) groups excluding carboxylic acids is 1. The summed E-state index contributed by atoms with van der Waals surface area (Å²) in [6.07, 6.45) is 1.63. The third-order valence-corrected chi connectivity index (χ3v) is 6.42. The fraction of sp³-hybridized carbons (Fsp3) is 0.318. The summed E-state index contributed by atoms with van der Waals surface area (Å²) in [7, 11) is 3.11. The van der Waals surface area contributed by atoms with Gasteiger partial charge in [0.15, 0.2) is 5.69 Å². The van der Waals surface area contributed by atoms with Gasteiger partial charge in [0.2, 0.25) is 0 Å². The number of aromatic carboxylic acids is 1. The molecule has 0 aliphatic heterocycles. The Morgan fingerprint density at radius 1 is 1.16 bits per heavy atom. The molecule has 0 aliphatic carbocycles. The Balaban J connectivity index is 1.84. The van der Waals surface area contributed by atoms with Gasteiger partial charge in [-0.25, -0.2) is 9.78 Å². The second-order valence-electron chi connectivity index (χ2n) is 6.90. The van der Waals surface area contributed by atoms with Crippen molar-refractivity contribution >= 4 is 34.6 Å². The van der Waals surface area contributed by atoms with E-state index in [1.807, 2.05) is 12.3 Å². The number of amides is 1.